The molecular formula is C10H9N3O3. The molecule has 0 spiro atoms. The van der Waals surface area contributed by atoms with Crippen molar-refractivity contribution in [1.29, 1.82) is 0 Å². The smallest absolute Gasteiger partial charge is 0.287 e. The second-order valence-corrected chi connectivity index (χ2v) is 3.14. The Morgan fingerprint density at radius 1 is 1.44 bits per heavy atom. The molecule has 0 unspecified atom stereocenters. The molecule has 0 fully saturated rings. The minimum atomic E-state index is -0.479. The van der Waals surface area contributed by atoms with Crippen LogP contribution in [-0.4, -0.2) is 9.91 Å². The van der Waals surface area contributed by atoms with Crippen molar-refractivity contribution in [3.8, 4) is 0 Å². The zero-order valence-corrected chi connectivity index (χ0v) is 8.29. The summed E-state index contributed by atoms with van der Waals surface area (Å²) in [7, 11) is 0. The second-order valence-electron chi connectivity index (χ2n) is 3.14. The molecule has 0 aliphatic rings. The van der Waals surface area contributed by atoms with Gasteiger partial charge in [-0.2, -0.15) is 0 Å². The molecule has 0 saturated heterocycles. The molecule has 6 nitrogen and oxygen atoms in total. The molecule has 6 heteroatoms. The average molecular weight is 219 g/mol. The monoisotopic (exact) mass is 219 g/mol. The van der Waals surface area contributed by atoms with Crippen molar-refractivity contribution < 1.29 is 9.34 Å². The molecule has 2 heterocycles. The number of hydrogen-bond acceptors (Lipinski definition) is 5. The lowest BCUT2D eigenvalue weighted by molar-refractivity contribution is -0.385. The average Bonchev–Trinajstić information content (AvgIpc) is 2.80. The second kappa shape index (κ2) is 4.43. The molecule has 0 aliphatic carbocycles. The summed E-state index contributed by atoms with van der Waals surface area (Å²) in [5, 5.41) is 13.4. The van der Waals surface area contributed by atoms with E-state index in [0.717, 1.165) is 5.56 Å². The number of anilines is 1. The quantitative estimate of drug-likeness (QED) is 0.629. The highest BCUT2D eigenvalue weighted by molar-refractivity contribution is 5.40. The van der Waals surface area contributed by atoms with Crippen molar-refractivity contribution >= 4 is 11.5 Å². The van der Waals surface area contributed by atoms with Crippen LogP contribution in [0.2, 0.25) is 0 Å². The number of nitrogens with one attached hydrogen (secondary N) is 1. The van der Waals surface area contributed by atoms with E-state index in [1.54, 1.807) is 18.6 Å². The van der Waals surface area contributed by atoms with Gasteiger partial charge in [-0.05, 0) is 12.1 Å². The molecule has 16 heavy (non-hydrogen) atoms. The van der Waals surface area contributed by atoms with Crippen LogP contribution in [0.4, 0.5) is 11.5 Å². The summed E-state index contributed by atoms with van der Waals surface area (Å²) in [6.45, 7) is 0.571. The van der Waals surface area contributed by atoms with E-state index < -0.39 is 4.92 Å². The third kappa shape index (κ3) is 2.35. The normalized spacial score (nSPS) is 10.0. The Balaban J connectivity index is 1.98. The SMILES string of the molecule is O=[N+]([O-])c1ccc(NCc2ccoc2)nc1. The number of furan rings is 1. The van der Waals surface area contributed by atoms with Gasteiger partial charge in [0.15, 0.2) is 0 Å². The molecule has 0 bridgehead atoms. The number of pyridine rings is 1. The summed E-state index contributed by atoms with van der Waals surface area (Å²) in [5.74, 6) is 0.590. The van der Waals surface area contributed by atoms with E-state index in [0.29, 0.717) is 12.4 Å². The maximum absolute atomic E-state index is 10.4. The van der Waals surface area contributed by atoms with Crippen molar-refractivity contribution in [2.75, 3.05) is 5.32 Å². The van der Waals surface area contributed by atoms with Crippen molar-refractivity contribution in [3.05, 3.63) is 52.6 Å². The van der Waals surface area contributed by atoms with Gasteiger partial charge >= 0.3 is 0 Å². The van der Waals surface area contributed by atoms with Crippen molar-refractivity contribution in [1.82, 2.24) is 4.98 Å². The maximum atomic E-state index is 10.4. The van der Waals surface area contributed by atoms with E-state index >= 15 is 0 Å². The first-order valence-electron chi connectivity index (χ1n) is 4.61. The number of aromatic nitrogens is 1. The molecule has 82 valence electrons. The number of rotatable bonds is 4. The third-order valence-electron chi connectivity index (χ3n) is 2.01. The predicted octanol–water partition coefficient (Wildman–Crippen LogP) is 2.19. The summed E-state index contributed by atoms with van der Waals surface area (Å²) in [4.78, 5) is 13.8. The zero-order chi connectivity index (χ0) is 11.4. The van der Waals surface area contributed by atoms with Gasteiger partial charge < -0.3 is 9.73 Å². The lowest BCUT2D eigenvalue weighted by atomic mass is 10.3. The van der Waals surface area contributed by atoms with Gasteiger partial charge in [-0.3, -0.25) is 10.1 Å². The standard InChI is InChI=1S/C10H9N3O3/c14-13(15)9-1-2-10(12-6-9)11-5-8-3-4-16-7-8/h1-4,6-7H,5H2,(H,11,12). The number of nitro groups is 1. The summed E-state index contributed by atoms with van der Waals surface area (Å²) in [5.41, 5.74) is 0.967. The molecule has 2 aromatic rings. The molecule has 0 radical (unpaired) electrons. The molecule has 1 N–H and O–H groups in total. The van der Waals surface area contributed by atoms with E-state index in [2.05, 4.69) is 10.3 Å². The van der Waals surface area contributed by atoms with E-state index in [4.69, 9.17) is 4.42 Å². The summed E-state index contributed by atoms with van der Waals surface area (Å²) < 4.78 is 4.90. The minimum absolute atomic E-state index is 0.0196. The van der Waals surface area contributed by atoms with Crippen molar-refractivity contribution in [2.24, 2.45) is 0 Å². The fraction of sp³-hybridized carbons (Fsp3) is 0.100. The molecule has 0 saturated carbocycles. The lowest BCUT2D eigenvalue weighted by Crippen LogP contribution is -2.00. The Bertz CT molecular complexity index is 465. The predicted molar refractivity (Wildman–Crippen MR) is 56.9 cm³/mol. The van der Waals surface area contributed by atoms with Crippen LogP contribution in [0.1, 0.15) is 5.56 Å². The van der Waals surface area contributed by atoms with Gasteiger partial charge in [0.05, 0.1) is 17.4 Å². The summed E-state index contributed by atoms with van der Waals surface area (Å²) >= 11 is 0. The fourth-order valence-electron chi connectivity index (χ4n) is 1.18. The molecule has 0 amide bonds. The van der Waals surface area contributed by atoms with Gasteiger partial charge in [0.2, 0.25) is 0 Å². The highest BCUT2D eigenvalue weighted by Crippen LogP contribution is 2.12. The molecule has 0 atom stereocenters. The molecular weight excluding hydrogens is 210 g/mol. The van der Waals surface area contributed by atoms with Gasteiger partial charge in [-0.15, -0.1) is 0 Å². The zero-order valence-electron chi connectivity index (χ0n) is 8.29. The first-order chi connectivity index (χ1) is 7.75. The van der Waals surface area contributed by atoms with Crippen LogP contribution in [0, 0.1) is 10.1 Å². The van der Waals surface area contributed by atoms with Gasteiger partial charge in [-0.25, -0.2) is 4.98 Å². The van der Waals surface area contributed by atoms with E-state index in [-0.39, 0.29) is 5.69 Å². The number of nitrogens with zero attached hydrogens (tertiary/aromatic N) is 2. The summed E-state index contributed by atoms with van der Waals surface area (Å²) in [6.07, 6.45) is 4.43. The van der Waals surface area contributed by atoms with Gasteiger partial charge in [0.1, 0.15) is 12.0 Å². The highest BCUT2D eigenvalue weighted by Gasteiger charge is 2.04. The topological polar surface area (TPSA) is 81.2 Å². The Labute approximate surface area is 91.1 Å². The van der Waals surface area contributed by atoms with E-state index in [1.807, 2.05) is 6.07 Å². The molecule has 0 aliphatic heterocycles. The highest BCUT2D eigenvalue weighted by atomic mass is 16.6. The van der Waals surface area contributed by atoms with Gasteiger partial charge in [0.25, 0.3) is 5.69 Å². The minimum Gasteiger partial charge on any atom is -0.472 e. The Morgan fingerprint density at radius 3 is 2.88 bits per heavy atom. The van der Waals surface area contributed by atoms with E-state index in [9.17, 15) is 10.1 Å². The van der Waals surface area contributed by atoms with Crippen LogP contribution < -0.4 is 5.32 Å². The fourth-order valence-corrected chi connectivity index (χ4v) is 1.18. The lowest BCUT2D eigenvalue weighted by Gasteiger charge is -2.02. The van der Waals surface area contributed by atoms with E-state index in [1.165, 1.54) is 12.3 Å². The van der Waals surface area contributed by atoms with Crippen LogP contribution in [0.5, 0.6) is 0 Å². The van der Waals surface area contributed by atoms with Gasteiger partial charge in [-0.1, -0.05) is 0 Å². The largest absolute Gasteiger partial charge is 0.472 e. The Kier molecular flexibility index (Phi) is 2.81. The molecule has 2 rings (SSSR count). The third-order valence-corrected chi connectivity index (χ3v) is 2.01. The summed E-state index contributed by atoms with van der Waals surface area (Å²) in [6, 6.07) is 4.81. The van der Waals surface area contributed by atoms with Crippen LogP contribution >= 0.6 is 0 Å². The van der Waals surface area contributed by atoms with Crippen LogP contribution in [0.3, 0.4) is 0 Å². The molecule has 2 aromatic heterocycles. The van der Waals surface area contributed by atoms with Crippen LogP contribution in [-0.2, 0) is 6.54 Å². The van der Waals surface area contributed by atoms with Crippen molar-refractivity contribution in [3.63, 3.8) is 0 Å². The maximum Gasteiger partial charge on any atom is 0.287 e. The first-order valence-corrected chi connectivity index (χ1v) is 4.61. The Hall–Kier alpha value is -2.37. The number of hydrogen-bond donors (Lipinski definition) is 1. The van der Waals surface area contributed by atoms with Crippen LogP contribution in [0.25, 0.3) is 0 Å². The van der Waals surface area contributed by atoms with Crippen molar-refractivity contribution in [2.45, 2.75) is 6.54 Å². The Morgan fingerprint density at radius 2 is 2.31 bits per heavy atom. The molecule has 0 aromatic carbocycles. The van der Waals surface area contributed by atoms with Crippen LogP contribution in [0.15, 0.2) is 41.3 Å². The van der Waals surface area contributed by atoms with Gasteiger partial charge in [0, 0.05) is 18.2 Å². The first kappa shape index (κ1) is 10.2.